The Labute approximate surface area is 85.7 Å². The van der Waals surface area contributed by atoms with E-state index in [1.165, 1.54) is 0 Å². The average Bonchev–Trinajstić information content (AvgIpc) is 1.95. The largest absolute Gasteiger partial charge is 0.238 e. The van der Waals surface area contributed by atoms with Crippen LogP contribution < -0.4 is 0 Å². The van der Waals surface area contributed by atoms with Gasteiger partial charge in [0.05, 0.1) is 5.69 Å². The summed E-state index contributed by atoms with van der Waals surface area (Å²) in [7, 11) is 0. The number of halogens is 2. The van der Waals surface area contributed by atoms with E-state index in [4.69, 9.17) is 0 Å². The molecule has 1 aromatic rings. The van der Waals surface area contributed by atoms with E-state index in [1.807, 2.05) is 20.8 Å². The highest BCUT2D eigenvalue weighted by atomic mass is 79.9. The SMILES string of the molecule is Cc1nnc(F)c(C(C)(C)C)c1Br. The Bertz CT molecular complexity index is 331. The monoisotopic (exact) mass is 246 g/mol. The summed E-state index contributed by atoms with van der Waals surface area (Å²) < 4.78 is 14.0. The van der Waals surface area contributed by atoms with Crippen molar-refractivity contribution in [1.29, 1.82) is 0 Å². The van der Waals surface area contributed by atoms with E-state index >= 15 is 0 Å². The Hall–Kier alpha value is -0.510. The second-order valence-corrected chi connectivity index (χ2v) is 4.81. The Balaban J connectivity index is 3.43. The van der Waals surface area contributed by atoms with Crippen molar-refractivity contribution in [3.05, 3.63) is 21.7 Å². The Morgan fingerprint density at radius 1 is 1.23 bits per heavy atom. The quantitative estimate of drug-likeness (QED) is 0.704. The summed E-state index contributed by atoms with van der Waals surface area (Å²) >= 11 is 3.32. The highest BCUT2D eigenvalue weighted by Crippen LogP contribution is 2.31. The van der Waals surface area contributed by atoms with Gasteiger partial charge in [0.25, 0.3) is 0 Å². The summed E-state index contributed by atoms with van der Waals surface area (Å²) in [6.07, 6.45) is 0. The predicted octanol–water partition coefficient (Wildman–Crippen LogP) is 2.98. The van der Waals surface area contributed by atoms with Crippen LogP contribution in [0.2, 0.25) is 0 Å². The zero-order valence-electron chi connectivity index (χ0n) is 8.15. The maximum absolute atomic E-state index is 13.3. The molecule has 0 bridgehead atoms. The van der Waals surface area contributed by atoms with E-state index in [0.29, 0.717) is 15.7 Å². The third kappa shape index (κ3) is 2.05. The van der Waals surface area contributed by atoms with Gasteiger partial charge < -0.3 is 0 Å². The second kappa shape index (κ2) is 3.33. The van der Waals surface area contributed by atoms with Gasteiger partial charge in [-0.2, -0.15) is 9.49 Å². The standard InChI is InChI=1S/C9H12BrFN2/c1-5-7(10)6(9(2,3)4)8(11)13-12-5/h1-4H3. The van der Waals surface area contributed by atoms with Gasteiger partial charge in [-0.05, 0) is 28.3 Å². The van der Waals surface area contributed by atoms with Gasteiger partial charge in [-0.15, -0.1) is 5.10 Å². The van der Waals surface area contributed by atoms with Crippen molar-refractivity contribution in [2.24, 2.45) is 0 Å². The third-order valence-electron chi connectivity index (χ3n) is 1.78. The summed E-state index contributed by atoms with van der Waals surface area (Å²) in [6, 6.07) is 0. The van der Waals surface area contributed by atoms with Crippen molar-refractivity contribution in [3.63, 3.8) is 0 Å². The molecule has 0 fully saturated rings. The van der Waals surface area contributed by atoms with Crippen LogP contribution in [0.3, 0.4) is 0 Å². The van der Waals surface area contributed by atoms with Gasteiger partial charge in [-0.3, -0.25) is 0 Å². The lowest BCUT2D eigenvalue weighted by atomic mass is 9.88. The fourth-order valence-corrected chi connectivity index (χ4v) is 1.96. The topological polar surface area (TPSA) is 25.8 Å². The number of nitrogens with zero attached hydrogens (tertiary/aromatic N) is 2. The lowest BCUT2D eigenvalue weighted by molar-refractivity contribution is 0.481. The fourth-order valence-electron chi connectivity index (χ4n) is 1.12. The summed E-state index contributed by atoms with van der Waals surface area (Å²) in [5, 5.41) is 7.14. The molecule has 72 valence electrons. The van der Waals surface area contributed by atoms with Crippen molar-refractivity contribution in [2.75, 3.05) is 0 Å². The van der Waals surface area contributed by atoms with Crippen LogP contribution >= 0.6 is 15.9 Å². The van der Waals surface area contributed by atoms with Crippen molar-refractivity contribution >= 4 is 15.9 Å². The molecule has 0 atom stereocenters. The fraction of sp³-hybridized carbons (Fsp3) is 0.556. The molecule has 0 N–H and O–H groups in total. The molecule has 1 heterocycles. The molecule has 0 spiro atoms. The van der Waals surface area contributed by atoms with Crippen molar-refractivity contribution < 1.29 is 4.39 Å². The molecule has 4 heteroatoms. The van der Waals surface area contributed by atoms with E-state index in [9.17, 15) is 4.39 Å². The first-order chi connectivity index (χ1) is 5.84. The minimum Gasteiger partial charge on any atom is -0.183 e. The first-order valence-electron chi connectivity index (χ1n) is 4.03. The maximum atomic E-state index is 13.3. The Morgan fingerprint density at radius 2 is 1.77 bits per heavy atom. The molecular weight excluding hydrogens is 235 g/mol. The maximum Gasteiger partial charge on any atom is 0.238 e. The molecule has 1 rings (SSSR count). The minimum atomic E-state index is -0.495. The highest BCUT2D eigenvalue weighted by Gasteiger charge is 2.24. The first-order valence-corrected chi connectivity index (χ1v) is 4.82. The molecule has 0 aliphatic rings. The Morgan fingerprint density at radius 3 is 2.15 bits per heavy atom. The predicted molar refractivity (Wildman–Crippen MR) is 53.1 cm³/mol. The zero-order chi connectivity index (χ0) is 10.2. The lowest BCUT2D eigenvalue weighted by Gasteiger charge is -2.20. The van der Waals surface area contributed by atoms with Crippen LogP contribution in [0.4, 0.5) is 4.39 Å². The van der Waals surface area contributed by atoms with E-state index in [-0.39, 0.29) is 5.41 Å². The van der Waals surface area contributed by atoms with Crippen molar-refractivity contribution in [1.82, 2.24) is 10.2 Å². The second-order valence-electron chi connectivity index (χ2n) is 4.02. The zero-order valence-corrected chi connectivity index (χ0v) is 9.74. The van der Waals surface area contributed by atoms with Crippen LogP contribution in [0.1, 0.15) is 32.0 Å². The van der Waals surface area contributed by atoms with Crippen LogP contribution in [0, 0.1) is 12.9 Å². The molecule has 0 aromatic carbocycles. The number of rotatable bonds is 0. The molecule has 0 amide bonds. The summed E-state index contributed by atoms with van der Waals surface area (Å²) in [6.45, 7) is 7.62. The molecule has 0 aliphatic carbocycles. The van der Waals surface area contributed by atoms with Crippen molar-refractivity contribution in [2.45, 2.75) is 33.1 Å². The van der Waals surface area contributed by atoms with Crippen LogP contribution in [0.5, 0.6) is 0 Å². The number of aromatic nitrogens is 2. The van der Waals surface area contributed by atoms with Crippen LogP contribution in [-0.2, 0) is 5.41 Å². The van der Waals surface area contributed by atoms with Gasteiger partial charge in [0.1, 0.15) is 0 Å². The molecule has 13 heavy (non-hydrogen) atoms. The number of aryl methyl sites for hydroxylation is 1. The van der Waals surface area contributed by atoms with E-state index < -0.39 is 5.95 Å². The van der Waals surface area contributed by atoms with Gasteiger partial charge in [-0.1, -0.05) is 20.8 Å². The number of hydrogen-bond acceptors (Lipinski definition) is 2. The molecule has 1 aromatic heterocycles. The highest BCUT2D eigenvalue weighted by molar-refractivity contribution is 9.10. The van der Waals surface area contributed by atoms with Crippen LogP contribution in [0.25, 0.3) is 0 Å². The number of hydrogen-bond donors (Lipinski definition) is 0. The summed E-state index contributed by atoms with van der Waals surface area (Å²) in [5.74, 6) is -0.495. The first kappa shape index (κ1) is 10.6. The molecule has 0 unspecified atom stereocenters. The van der Waals surface area contributed by atoms with Gasteiger partial charge in [0, 0.05) is 10.0 Å². The molecule has 2 nitrogen and oxygen atoms in total. The van der Waals surface area contributed by atoms with Gasteiger partial charge in [-0.25, -0.2) is 0 Å². The van der Waals surface area contributed by atoms with Crippen molar-refractivity contribution in [3.8, 4) is 0 Å². The lowest BCUT2D eigenvalue weighted by Crippen LogP contribution is -2.17. The molecule has 0 radical (unpaired) electrons. The van der Waals surface area contributed by atoms with Crippen LogP contribution in [0.15, 0.2) is 4.47 Å². The molecule has 0 saturated carbocycles. The van der Waals surface area contributed by atoms with Gasteiger partial charge >= 0.3 is 0 Å². The normalized spacial score (nSPS) is 11.8. The molecule has 0 saturated heterocycles. The minimum absolute atomic E-state index is 0.260. The molecule has 0 aliphatic heterocycles. The van der Waals surface area contributed by atoms with Gasteiger partial charge in [0.2, 0.25) is 5.95 Å². The van der Waals surface area contributed by atoms with Crippen LogP contribution in [-0.4, -0.2) is 10.2 Å². The Kier molecular flexibility index (Phi) is 2.71. The summed E-state index contributed by atoms with van der Waals surface area (Å²) in [5.41, 5.74) is 1.04. The molecular formula is C9H12BrFN2. The van der Waals surface area contributed by atoms with E-state index in [0.717, 1.165) is 0 Å². The average molecular weight is 247 g/mol. The smallest absolute Gasteiger partial charge is 0.183 e. The van der Waals surface area contributed by atoms with Gasteiger partial charge in [0.15, 0.2) is 0 Å². The van der Waals surface area contributed by atoms with E-state index in [2.05, 4.69) is 26.1 Å². The van der Waals surface area contributed by atoms with E-state index in [1.54, 1.807) is 6.92 Å². The third-order valence-corrected chi connectivity index (χ3v) is 2.75. The summed E-state index contributed by atoms with van der Waals surface area (Å²) in [4.78, 5) is 0.